The van der Waals surface area contributed by atoms with E-state index in [4.69, 9.17) is 9.47 Å². The van der Waals surface area contributed by atoms with Crippen molar-refractivity contribution >= 4 is 49.5 Å². The first kappa shape index (κ1) is 21.1. The maximum Gasteiger partial charge on any atom is 0.252 e. The summed E-state index contributed by atoms with van der Waals surface area (Å²) in [6.07, 6.45) is 2.13. The highest BCUT2D eigenvalue weighted by Crippen LogP contribution is 2.54. The lowest BCUT2D eigenvalue weighted by Gasteiger charge is -2.49. The van der Waals surface area contributed by atoms with E-state index >= 15 is 0 Å². The van der Waals surface area contributed by atoms with Crippen LogP contribution in [0.25, 0.3) is 43.6 Å². The molecule has 2 bridgehead atoms. The number of carbonyl (C=O) groups is 1. The minimum absolute atomic E-state index is 0.0344. The quantitative estimate of drug-likeness (QED) is 0.289. The molecule has 184 valence electrons. The summed E-state index contributed by atoms with van der Waals surface area (Å²) < 4.78 is 17.8. The van der Waals surface area contributed by atoms with Gasteiger partial charge in [-0.05, 0) is 24.6 Å². The van der Waals surface area contributed by atoms with Crippen LogP contribution in [0.4, 0.5) is 0 Å². The van der Waals surface area contributed by atoms with Gasteiger partial charge in [0.25, 0.3) is 5.91 Å². The zero-order chi connectivity index (χ0) is 25.2. The van der Waals surface area contributed by atoms with Crippen molar-refractivity contribution in [2.45, 2.75) is 44.0 Å². The van der Waals surface area contributed by atoms with Crippen LogP contribution in [0.1, 0.15) is 35.5 Å². The molecule has 0 aliphatic carbocycles. The number of fused-ring (bicyclic) bond motifs is 13. The number of nitrogens with one attached hydrogen (secondary N) is 1. The Balaban J connectivity index is 1.68. The van der Waals surface area contributed by atoms with Crippen molar-refractivity contribution in [3.63, 3.8) is 0 Å². The van der Waals surface area contributed by atoms with Crippen LogP contribution in [0.3, 0.4) is 0 Å². The SMILES string of the molecule is CO[C@@H]1[C@H](N(C)C#N)C[C@H]2O[C@]1(C)n1c3ccccc3c3c4c(c5c6ccccc6n2c5c31)C(=O)NC4. The van der Waals surface area contributed by atoms with E-state index in [0.29, 0.717) is 13.0 Å². The highest BCUT2D eigenvalue weighted by atomic mass is 16.6. The number of carbonyl (C=O) groups excluding carboxylic acids is 1. The summed E-state index contributed by atoms with van der Waals surface area (Å²) >= 11 is 0. The number of amides is 1. The first-order valence-electron chi connectivity index (χ1n) is 12.6. The van der Waals surface area contributed by atoms with Crippen molar-refractivity contribution in [2.24, 2.45) is 0 Å². The lowest BCUT2D eigenvalue weighted by Crippen LogP contribution is -2.59. The zero-order valence-electron chi connectivity index (χ0n) is 20.8. The monoisotopic (exact) mass is 491 g/mol. The van der Waals surface area contributed by atoms with Crippen LogP contribution in [-0.4, -0.2) is 46.2 Å². The summed E-state index contributed by atoms with van der Waals surface area (Å²) in [5.41, 5.74) is 4.98. The summed E-state index contributed by atoms with van der Waals surface area (Å²) in [7, 11) is 3.51. The largest absolute Gasteiger partial charge is 0.374 e. The summed E-state index contributed by atoms with van der Waals surface area (Å²) in [5, 5.41) is 17.2. The maximum atomic E-state index is 13.4. The van der Waals surface area contributed by atoms with Gasteiger partial charge < -0.3 is 28.8 Å². The van der Waals surface area contributed by atoms with Crippen molar-refractivity contribution in [1.29, 1.82) is 5.26 Å². The molecule has 5 heterocycles. The van der Waals surface area contributed by atoms with Gasteiger partial charge >= 0.3 is 0 Å². The third kappa shape index (κ3) is 2.28. The number of methoxy groups -OCH3 is 1. The molecule has 4 atom stereocenters. The van der Waals surface area contributed by atoms with E-state index in [1.54, 1.807) is 12.0 Å². The number of aromatic nitrogens is 2. The second-order valence-electron chi connectivity index (χ2n) is 10.5. The Hall–Kier alpha value is -4.06. The summed E-state index contributed by atoms with van der Waals surface area (Å²) in [4.78, 5) is 15.1. The minimum Gasteiger partial charge on any atom is -0.374 e. The molecule has 1 saturated heterocycles. The second kappa shape index (κ2) is 6.82. The molecule has 3 aromatic carbocycles. The average Bonchev–Trinajstić information content (AvgIpc) is 3.55. The molecule has 5 aromatic rings. The smallest absolute Gasteiger partial charge is 0.252 e. The van der Waals surface area contributed by atoms with Gasteiger partial charge in [0.05, 0.1) is 33.7 Å². The Bertz CT molecular complexity index is 1880. The van der Waals surface area contributed by atoms with E-state index in [-0.39, 0.29) is 18.2 Å². The third-order valence-corrected chi connectivity index (χ3v) is 8.85. The minimum atomic E-state index is -0.911. The van der Waals surface area contributed by atoms with Crippen LogP contribution in [0, 0.1) is 11.5 Å². The van der Waals surface area contributed by atoms with Gasteiger partial charge in [0, 0.05) is 48.7 Å². The molecule has 8 rings (SSSR count). The van der Waals surface area contributed by atoms with Crippen LogP contribution in [-0.2, 0) is 21.7 Å². The second-order valence-corrected chi connectivity index (χ2v) is 10.5. The van der Waals surface area contributed by atoms with Crippen molar-refractivity contribution in [2.75, 3.05) is 14.2 Å². The fourth-order valence-electron chi connectivity index (χ4n) is 7.47. The lowest BCUT2D eigenvalue weighted by molar-refractivity contribution is -0.264. The van der Waals surface area contributed by atoms with E-state index in [1.807, 2.05) is 31.3 Å². The normalized spacial score (nSPS) is 26.1. The van der Waals surface area contributed by atoms with Gasteiger partial charge in [-0.25, -0.2) is 0 Å². The Kier molecular flexibility index (Phi) is 3.88. The van der Waals surface area contributed by atoms with Crippen molar-refractivity contribution in [1.82, 2.24) is 19.4 Å². The van der Waals surface area contributed by atoms with Gasteiger partial charge in [0.15, 0.2) is 11.9 Å². The fourth-order valence-corrected chi connectivity index (χ4v) is 7.47. The molecule has 3 aliphatic rings. The molecule has 1 N–H and O–H groups in total. The summed E-state index contributed by atoms with van der Waals surface area (Å²) in [6, 6.07) is 16.4. The van der Waals surface area contributed by atoms with Crippen molar-refractivity contribution in [3.8, 4) is 6.19 Å². The number of ether oxygens (including phenoxy) is 2. The van der Waals surface area contributed by atoms with Crippen LogP contribution < -0.4 is 5.32 Å². The molecule has 0 radical (unpaired) electrons. The van der Waals surface area contributed by atoms with Crippen molar-refractivity contribution < 1.29 is 14.3 Å². The van der Waals surface area contributed by atoms with Gasteiger partial charge in [0.1, 0.15) is 12.3 Å². The molecule has 0 saturated carbocycles. The van der Waals surface area contributed by atoms with Crippen molar-refractivity contribution in [3.05, 3.63) is 59.7 Å². The zero-order valence-corrected chi connectivity index (χ0v) is 20.8. The van der Waals surface area contributed by atoms with Gasteiger partial charge in [-0.15, -0.1) is 0 Å². The Morgan fingerprint density at radius 1 is 1.11 bits per heavy atom. The summed E-state index contributed by atoms with van der Waals surface area (Å²) in [5.74, 6) is -0.0344. The topological polar surface area (TPSA) is 84.4 Å². The molecule has 1 amide bonds. The van der Waals surface area contributed by atoms with Crippen LogP contribution >= 0.6 is 0 Å². The van der Waals surface area contributed by atoms with Gasteiger partial charge in [-0.1, -0.05) is 36.4 Å². The molecule has 0 unspecified atom stereocenters. The van der Waals surface area contributed by atoms with E-state index < -0.39 is 11.8 Å². The van der Waals surface area contributed by atoms with Crippen LogP contribution in [0.15, 0.2) is 48.5 Å². The van der Waals surface area contributed by atoms with Gasteiger partial charge in [-0.3, -0.25) is 4.79 Å². The van der Waals surface area contributed by atoms with E-state index in [9.17, 15) is 10.1 Å². The Labute approximate surface area is 212 Å². The number of nitrogens with zero attached hydrogens (tertiary/aromatic N) is 4. The number of para-hydroxylation sites is 2. The number of hydrogen-bond donors (Lipinski definition) is 1. The predicted molar refractivity (Wildman–Crippen MR) is 140 cm³/mol. The first-order chi connectivity index (χ1) is 18.0. The van der Waals surface area contributed by atoms with E-state index in [2.05, 4.69) is 51.8 Å². The molecule has 0 spiro atoms. The third-order valence-electron chi connectivity index (χ3n) is 8.85. The molecule has 37 heavy (non-hydrogen) atoms. The highest BCUT2D eigenvalue weighted by Gasteiger charge is 2.54. The number of benzene rings is 3. The van der Waals surface area contributed by atoms with Gasteiger partial charge in [-0.2, -0.15) is 5.26 Å². The van der Waals surface area contributed by atoms with E-state index in [1.165, 1.54) is 0 Å². The lowest BCUT2D eigenvalue weighted by atomic mass is 9.92. The fraction of sp³-hybridized carbons (Fsp3) is 0.310. The van der Waals surface area contributed by atoms with Crippen LogP contribution in [0.5, 0.6) is 0 Å². The van der Waals surface area contributed by atoms with Crippen LogP contribution in [0.2, 0.25) is 0 Å². The Morgan fingerprint density at radius 3 is 2.54 bits per heavy atom. The molecule has 3 aliphatic heterocycles. The molecule has 1 fully saturated rings. The molecular formula is C29H25N5O3. The standard InChI is InChI=1S/C29H25N5O3/c1-29-27(36-3)20(32(2)14-30)12-21(37-29)33-18-10-6-4-8-15(18)23-24-17(13-31-28(24)35)22-16-9-5-7-11-19(16)34(29)26(22)25(23)33/h4-11,20-21,27H,12-13H2,1-3H3,(H,31,35)/t20-,21-,27-,29+/m1/s1. The Morgan fingerprint density at radius 2 is 1.81 bits per heavy atom. The summed E-state index contributed by atoms with van der Waals surface area (Å²) in [6.45, 7) is 2.57. The van der Waals surface area contributed by atoms with E-state index in [0.717, 1.165) is 54.7 Å². The number of nitriles is 1. The molecule has 8 heteroatoms. The number of hydrogen-bond acceptors (Lipinski definition) is 5. The van der Waals surface area contributed by atoms with Gasteiger partial charge in [0.2, 0.25) is 0 Å². The first-order valence-corrected chi connectivity index (χ1v) is 12.6. The predicted octanol–water partition coefficient (Wildman–Crippen LogP) is 4.55. The number of likely N-dealkylation sites (N-methyl/N-ethyl adjacent to an activating group) is 1. The average molecular weight is 492 g/mol. The molecule has 2 aromatic heterocycles. The maximum absolute atomic E-state index is 13.4. The highest BCUT2D eigenvalue weighted by molar-refractivity contribution is 6.31. The molecule has 8 nitrogen and oxygen atoms in total. The molecular weight excluding hydrogens is 466 g/mol. The number of rotatable bonds is 2.